The molecule has 0 radical (unpaired) electrons. The van der Waals surface area contributed by atoms with E-state index in [0.29, 0.717) is 30.3 Å². The Morgan fingerprint density at radius 3 is 1.42 bits per heavy atom. The van der Waals surface area contributed by atoms with E-state index in [2.05, 4.69) is 104 Å². The predicted octanol–water partition coefficient (Wildman–Crippen LogP) is 8.60. The molecule has 0 heterocycles. The molecule has 2 atom stereocenters. The molecule has 3 aromatic rings. The fourth-order valence-electron chi connectivity index (χ4n) is 5.03. The zero-order valence-electron chi connectivity index (χ0n) is 28.0. The molecule has 0 N–H and O–H groups in total. The molecule has 3 aromatic carbocycles. The van der Waals surface area contributed by atoms with E-state index in [4.69, 9.17) is 18.9 Å². The lowest BCUT2D eigenvalue weighted by molar-refractivity contribution is -0.127. The zero-order valence-corrected chi connectivity index (χ0v) is 28.0. The minimum Gasteiger partial charge on any atom is -0.493 e. The molecule has 0 aliphatic heterocycles. The van der Waals surface area contributed by atoms with Gasteiger partial charge in [0.1, 0.15) is 0 Å². The standard InChI is InChI=1S/C38H52O5/c1-26(21-28-11-16-31(17-12-28)37(3,4)5)24-42-36(35(39)30-15-20-33(40-9)34(23-30)41-10)43-25-27(2)22-29-13-18-32(19-14-29)38(6,7)8/h11-20,23,26-27,36H,21-22,24-25H2,1-10H3. The van der Waals surface area contributed by atoms with E-state index in [1.165, 1.54) is 22.3 Å². The number of ketones is 1. The maximum atomic E-state index is 13.7. The van der Waals surface area contributed by atoms with E-state index in [9.17, 15) is 4.79 Å². The van der Waals surface area contributed by atoms with Gasteiger partial charge in [0, 0.05) is 5.56 Å². The van der Waals surface area contributed by atoms with E-state index in [1.54, 1.807) is 32.4 Å². The Hall–Kier alpha value is -3.15. The van der Waals surface area contributed by atoms with E-state index >= 15 is 0 Å². The van der Waals surface area contributed by atoms with Gasteiger partial charge in [0.25, 0.3) is 0 Å². The summed E-state index contributed by atoms with van der Waals surface area (Å²) in [5.41, 5.74) is 5.82. The van der Waals surface area contributed by atoms with Crippen LogP contribution in [-0.2, 0) is 33.1 Å². The Labute approximate surface area is 259 Å². The minimum absolute atomic E-state index is 0.120. The molecule has 0 saturated carbocycles. The molecule has 0 bridgehead atoms. The molecule has 5 heteroatoms. The summed E-state index contributed by atoms with van der Waals surface area (Å²) in [6, 6.07) is 22.7. The molecule has 2 unspecified atom stereocenters. The second-order valence-corrected chi connectivity index (χ2v) is 13.9. The van der Waals surface area contributed by atoms with Crippen LogP contribution in [0.15, 0.2) is 66.7 Å². The number of carbonyl (C=O) groups is 1. The topological polar surface area (TPSA) is 54.0 Å². The second kappa shape index (κ2) is 15.0. The molecule has 5 nitrogen and oxygen atoms in total. The summed E-state index contributed by atoms with van der Waals surface area (Å²) < 4.78 is 23.2. The SMILES string of the molecule is COc1ccc(C(=O)C(OCC(C)Cc2ccc(C(C)(C)C)cc2)OCC(C)Cc2ccc(C(C)(C)C)cc2)cc1OC. The normalized spacial score (nSPS) is 14.2. The van der Waals surface area contributed by atoms with Crippen molar-refractivity contribution in [2.45, 2.75) is 85.4 Å². The summed E-state index contributed by atoms with van der Waals surface area (Å²) >= 11 is 0. The summed E-state index contributed by atoms with van der Waals surface area (Å²) in [6.07, 6.45) is 0.681. The van der Waals surface area contributed by atoms with Crippen molar-refractivity contribution in [2.24, 2.45) is 11.8 Å². The summed E-state index contributed by atoms with van der Waals surface area (Å²) in [6.45, 7) is 18.4. The van der Waals surface area contributed by atoms with E-state index < -0.39 is 6.29 Å². The van der Waals surface area contributed by atoms with Crippen molar-refractivity contribution >= 4 is 5.78 Å². The van der Waals surface area contributed by atoms with Gasteiger partial charge in [-0.15, -0.1) is 0 Å². The van der Waals surface area contributed by atoms with Gasteiger partial charge >= 0.3 is 0 Å². The molecule has 43 heavy (non-hydrogen) atoms. The molecule has 0 spiro atoms. The largest absolute Gasteiger partial charge is 0.493 e. The number of hydrogen-bond acceptors (Lipinski definition) is 5. The molecule has 0 fully saturated rings. The van der Waals surface area contributed by atoms with Gasteiger partial charge in [-0.1, -0.05) is 104 Å². The second-order valence-electron chi connectivity index (χ2n) is 13.9. The van der Waals surface area contributed by atoms with Crippen molar-refractivity contribution < 1.29 is 23.7 Å². The highest BCUT2D eigenvalue weighted by molar-refractivity contribution is 5.99. The summed E-state index contributed by atoms with van der Waals surface area (Å²) in [7, 11) is 3.13. The van der Waals surface area contributed by atoms with E-state index in [0.717, 1.165) is 12.8 Å². The highest BCUT2D eigenvalue weighted by Gasteiger charge is 2.25. The van der Waals surface area contributed by atoms with Crippen molar-refractivity contribution in [1.82, 2.24) is 0 Å². The number of Topliss-reactive ketones (excluding diaryl/α,β-unsaturated/α-hetero) is 1. The summed E-state index contributed by atoms with van der Waals surface area (Å²) in [4.78, 5) is 13.7. The summed E-state index contributed by atoms with van der Waals surface area (Å²) in [5.74, 6) is 1.22. The molecule has 234 valence electrons. The number of ether oxygens (including phenoxy) is 4. The predicted molar refractivity (Wildman–Crippen MR) is 176 cm³/mol. The highest BCUT2D eigenvalue weighted by atomic mass is 16.7. The van der Waals surface area contributed by atoms with E-state index in [-0.39, 0.29) is 28.4 Å². The Kier molecular flexibility index (Phi) is 12.0. The van der Waals surface area contributed by atoms with Crippen LogP contribution in [0.5, 0.6) is 11.5 Å². The third-order valence-corrected chi connectivity index (χ3v) is 7.75. The van der Waals surface area contributed by atoms with Crippen LogP contribution in [0.4, 0.5) is 0 Å². The Morgan fingerprint density at radius 1 is 0.628 bits per heavy atom. The Balaban J connectivity index is 1.69. The van der Waals surface area contributed by atoms with Crippen molar-refractivity contribution in [3.63, 3.8) is 0 Å². The molecule has 3 rings (SSSR count). The third-order valence-electron chi connectivity index (χ3n) is 7.75. The van der Waals surface area contributed by atoms with Crippen LogP contribution in [0.3, 0.4) is 0 Å². The molecule has 0 amide bonds. The van der Waals surface area contributed by atoms with Crippen molar-refractivity contribution in [2.75, 3.05) is 27.4 Å². The Bertz CT molecular complexity index is 1230. The minimum atomic E-state index is -1.02. The van der Waals surface area contributed by atoms with Crippen molar-refractivity contribution in [3.8, 4) is 11.5 Å². The van der Waals surface area contributed by atoms with Gasteiger partial charge < -0.3 is 18.9 Å². The lowest BCUT2D eigenvalue weighted by atomic mass is 9.86. The molecular formula is C38H52O5. The average molecular weight is 589 g/mol. The molecule has 0 aliphatic rings. The van der Waals surface area contributed by atoms with Crippen LogP contribution < -0.4 is 9.47 Å². The van der Waals surface area contributed by atoms with Gasteiger partial charge in [-0.05, 0) is 76.0 Å². The lowest BCUT2D eigenvalue weighted by Crippen LogP contribution is -2.31. The number of benzene rings is 3. The smallest absolute Gasteiger partial charge is 0.222 e. The molecule has 0 aromatic heterocycles. The zero-order chi connectivity index (χ0) is 31.8. The Morgan fingerprint density at radius 2 is 1.05 bits per heavy atom. The number of rotatable bonds is 14. The quantitative estimate of drug-likeness (QED) is 0.139. The number of hydrogen-bond donors (Lipinski definition) is 0. The van der Waals surface area contributed by atoms with Crippen molar-refractivity contribution in [1.29, 1.82) is 0 Å². The average Bonchev–Trinajstić information content (AvgIpc) is 2.96. The first kappa shape index (κ1) is 34.3. The summed E-state index contributed by atoms with van der Waals surface area (Å²) in [5, 5.41) is 0. The fraction of sp³-hybridized carbons (Fsp3) is 0.500. The lowest BCUT2D eigenvalue weighted by Gasteiger charge is -2.23. The fourth-order valence-corrected chi connectivity index (χ4v) is 5.03. The van der Waals surface area contributed by atoms with Crippen LogP contribution in [0, 0.1) is 11.8 Å². The van der Waals surface area contributed by atoms with Crippen LogP contribution in [-0.4, -0.2) is 39.5 Å². The van der Waals surface area contributed by atoms with Gasteiger partial charge in [-0.2, -0.15) is 0 Å². The highest BCUT2D eigenvalue weighted by Crippen LogP contribution is 2.29. The maximum Gasteiger partial charge on any atom is 0.222 e. The van der Waals surface area contributed by atoms with Gasteiger partial charge in [0.2, 0.25) is 12.1 Å². The first-order chi connectivity index (χ1) is 20.2. The first-order valence-corrected chi connectivity index (χ1v) is 15.4. The van der Waals surface area contributed by atoms with Gasteiger partial charge in [-0.3, -0.25) is 4.79 Å². The van der Waals surface area contributed by atoms with Gasteiger partial charge in [0.15, 0.2) is 11.5 Å². The first-order valence-electron chi connectivity index (χ1n) is 15.4. The van der Waals surface area contributed by atoms with Crippen LogP contribution in [0.1, 0.15) is 88.0 Å². The van der Waals surface area contributed by atoms with Crippen molar-refractivity contribution in [3.05, 3.63) is 94.5 Å². The third kappa shape index (κ3) is 10.2. The number of methoxy groups -OCH3 is 2. The maximum absolute atomic E-state index is 13.7. The molecule has 0 aliphatic carbocycles. The van der Waals surface area contributed by atoms with Gasteiger partial charge in [-0.25, -0.2) is 0 Å². The van der Waals surface area contributed by atoms with Crippen LogP contribution in [0.2, 0.25) is 0 Å². The monoisotopic (exact) mass is 588 g/mol. The van der Waals surface area contributed by atoms with Crippen LogP contribution in [0.25, 0.3) is 0 Å². The van der Waals surface area contributed by atoms with E-state index in [1.807, 2.05) is 0 Å². The van der Waals surface area contributed by atoms with Crippen LogP contribution >= 0.6 is 0 Å². The molecule has 0 saturated heterocycles. The molecular weight excluding hydrogens is 536 g/mol. The number of carbonyl (C=O) groups excluding carboxylic acids is 1. The van der Waals surface area contributed by atoms with Gasteiger partial charge in [0.05, 0.1) is 27.4 Å².